The molecule has 8 unspecified atom stereocenters. The van der Waals surface area contributed by atoms with E-state index in [1.54, 1.807) is 13.8 Å². The quantitative estimate of drug-likeness (QED) is 0.111. The Kier molecular flexibility index (Phi) is 17.2. The maximum atomic E-state index is 10.3. The van der Waals surface area contributed by atoms with Crippen LogP contribution in [0.15, 0.2) is 0 Å². The van der Waals surface area contributed by atoms with E-state index in [0.29, 0.717) is 25.9 Å². The number of anilines is 2. The summed E-state index contributed by atoms with van der Waals surface area (Å²) in [5, 5.41) is 40.3. The molecule has 0 saturated heterocycles. The molecule has 2 rings (SSSR count). The van der Waals surface area contributed by atoms with Crippen LogP contribution in [0.2, 0.25) is 0 Å². The van der Waals surface area contributed by atoms with E-state index < -0.39 is 24.4 Å². The highest BCUT2D eigenvalue weighted by atomic mass is 16.5. The van der Waals surface area contributed by atoms with Gasteiger partial charge in [-0.05, 0) is 168 Å². The number of aliphatic hydroxyl groups is 4. The molecule has 4 N–H and O–H groups in total. The van der Waals surface area contributed by atoms with Gasteiger partial charge in [0, 0.05) is 36.5 Å². The second-order valence-corrected chi connectivity index (χ2v) is 15.6. The van der Waals surface area contributed by atoms with Crippen molar-refractivity contribution in [3.63, 3.8) is 0 Å². The molecule has 0 spiro atoms. The molecule has 0 radical (unpaired) electrons. The number of hydrogen-bond donors (Lipinski definition) is 4. The smallest absolute Gasteiger partial charge is 0.133 e. The van der Waals surface area contributed by atoms with Crippen LogP contribution in [0.25, 0.3) is 0 Å². The Labute approximate surface area is 309 Å². The second-order valence-electron chi connectivity index (χ2n) is 15.6. The van der Waals surface area contributed by atoms with E-state index in [4.69, 9.17) is 14.2 Å². The van der Waals surface area contributed by atoms with Crippen LogP contribution < -0.4 is 14.5 Å². The van der Waals surface area contributed by atoms with Crippen LogP contribution >= 0.6 is 0 Å². The van der Waals surface area contributed by atoms with Crippen molar-refractivity contribution in [2.45, 2.75) is 172 Å². The SMILES string of the molecule is Cc1c(C)c(N(CC(C)OCC(C)O)CC(C)OCC(C)O)c(C)c(C)c1Oc1c(C)c(C)c(N(C(C)CC(C)O)C(C)CC(C)O)c(C)c1C. The molecular formula is C42H72N2O7. The summed E-state index contributed by atoms with van der Waals surface area (Å²) in [5.74, 6) is 1.71. The maximum absolute atomic E-state index is 10.3. The summed E-state index contributed by atoms with van der Waals surface area (Å²) in [6, 6.07) is 0.125. The summed E-state index contributed by atoms with van der Waals surface area (Å²) in [6.45, 7) is 34.3. The van der Waals surface area contributed by atoms with Gasteiger partial charge >= 0.3 is 0 Å². The van der Waals surface area contributed by atoms with Crippen molar-refractivity contribution in [3.8, 4) is 11.5 Å². The molecule has 0 fully saturated rings. The van der Waals surface area contributed by atoms with Crippen molar-refractivity contribution in [1.82, 2.24) is 0 Å². The Morgan fingerprint density at radius 1 is 0.451 bits per heavy atom. The number of ether oxygens (including phenoxy) is 3. The number of nitrogens with zero attached hydrogens (tertiary/aromatic N) is 2. The van der Waals surface area contributed by atoms with Crippen molar-refractivity contribution in [2.24, 2.45) is 0 Å². The highest BCUT2D eigenvalue weighted by Gasteiger charge is 2.30. The highest BCUT2D eigenvalue weighted by Crippen LogP contribution is 2.45. The molecule has 9 nitrogen and oxygen atoms in total. The van der Waals surface area contributed by atoms with Crippen molar-refractivity contribution in [1.29, 1.82) is 0 Å². The van der Waals surface area contributed by atoms with E-state index in [0.717, 1.165) is 67.4 Å². The summed E-state index contributed by atoms with van der Waals surface area (Å²) in [4.78, 5) is 4.70. The van der Waals surface area contributed by atoms with Gasteiger partial charge in [0.2, 0.25) is 0 Å². The fourth-order valence-electron chi connectivity index (χ4n) is 7.47. The van der Waals surface area contributed by atoms with Gasteiger partial charge in [0.25, 0.3) is 0 Å². The molecule has 0 aliphatic rings. The third kappa shape index (κ3) is 11.8. The first-order valence-electron chi connectivity index (χ1n) is 19.0. The molecule has 292 valence electrons. The number of rotatable bonds is 20. The first-order valence-corrected chi connectivity index (χ1v) is 19.0. The van der Waals surface area contributed by atoms with Crippen LogP contribution in [0.4, 0.5) is 11.4 Å². The largest absolute Gasteiger partial charge is 0.456 e. The zero-order valence-corrected chi connectivity index (χ0v) is 34.8. The molecular weight excluding hydrogens is 644 g/mol. The monoisotopic (exact) mass is 717 g/mol. The zero-order chi connectivity index (χ0) is 39.1. The summed E-state index contributed by atoms with van der Waals surface area (Å²) < 4.78 is 19.0. The molecule has 9 heteroatoms. The molecule has 0 heterocycles. The van der Waals surface area contributed by atoms with Gasteiger partial charge in [0.1, 0.15) is 11.5 Å². The average molecular weight is 717 g/mol. The summed E-state index contributed by atoms with van der Waals surface area (Å²) in [7, 11) is 0. The lowest BCUT2D eigenvalue weighted by Gasteiger charge is -2.41. The van der Waals surface area contributed by atoms with E-state index in [9.17, 15) is 20.4 Å². The Morgan fingerprint density at radius 3 is 1.06 bits per heavy atom. The molecule has 0 amide bonds. The van der Waals surface area contributed by atoms with Crippen LogP contribution in [-0.4, -0.2) is 95.4 Å². The minimum absolute atomic E-state index is 0.0623. The van der Waals surface area contributed by atoms with Gasteiger partial charge in [-0.3, -0.25) is 0 Å². The van der Waals surface area contributed by atoms with Crippen molar-refractivity contribution in [3.05, 3.63) is 44.5 Å². The predicted octanol–water partition coefficient (Wildman–Crippen LogP) is 7.45. The van der Waals surface area contributed by atoms with Crippen molar-refractivity contribution >= 4 is 11.4 Å². The molecule has 0 saturated carbocycles. The fourth-order valence-corrected chi connectivity index (χ4v) is 7.47. The first kappa shape index (κ1) is 44.8. The standard InChI is InChI=1S/C42H72N2O7/c1-23(17-25(3)45)44(24(2)18-26(4)46)40-33(11)37(15)42(38(16)34(40)12)51-41-35(13)31(9)39(32(10)36(41)14)43(19-29(7)49-21-27(5)47)20-30(8)50-22-28(6)48/h23-30,45-48H,17-22H2,1-16H3. The molecule has 8 atom stereocenters. The molecule has 51 heavy (non-hydrogen) atoms. The summed E-state index contributed by atoms with van der Waals surface area (Å²) in [6.07, 6.45) is -1.01. The third-order valence-corrected chi connectivity index (χ3v) is 10.3. The van der Waals surface area contributed by atoms with E-state index in [2.05, 4.69) is 79.0 Å². The van der Waals surface area contributed by atoms with Gasteiger partial charge < -0.3 is 44.4 Å². The minimum Gasteiger partial charge on any atom is -0.456 e. The average Bonchev–Trinajstić information content (AvgIpc) is 3.01. The molecule has 0 aliphatic carbocycles. The number of aliphatic hydroxyl groups excluding tert-OH is 4. The zero-order valence-electron chi connectivity index (χ0n) is 34.8. The van der Waals surface area contributed by atoms with E-state index in [1.807, 2.05) is 27.7 Å². The van der Waals surface area contributed by atoms with Crippen LogP contribution in [0.1, 0.15) is 113 Å². The molecule has 2 aromatic rings. The Morgan fingerprint density at radius 2 is 0.765 bits per heavy atom. The molecule has 0 bridgehead atoms. The summed E-state index contributed by atoms with van der Waals surface area (Å²) in [5.41, 5.74) is 11.0. The van der Waals surface area contributed by atoms with E-state index in [1.165, 1.54) is 0 Å². The normalized spacial score (nSPS) is 16.6. The second kappa shape index (κ2) is 19.6. The van der Waals surface area contributed by atoms with E-state index >= 15 is 0 Å². The van der Waals surface area contributed by atoms with Crippen LogP contribution in [-0.2, 0) is 9.47 Å². The molecule has 0 aromatic heterocycles. The summed E-state index contributed by atoms with van der Waals surface area (Å²) >= 11 is 0. The van der Waals surface area contributed by atoms with Crippen LogP contribution in [0.5, 0.6) is 11.5 Å². The minimum atomic E-state index is -0.546. The lowest BCUT2D eigenvalue weighted by Crippen LogP contribution is -2.44. The lowest BCUT2D eigenvalue weighted by atomic mass is 9.92. The third-order valence-electron chi connectivity index (χ3n) is 10.3. The predicted molar refractivity (Wildman–Crippen MR) is 211 cm³/mol. The Bertz CT molecular complexity index is 1330. The molecule has 0 aliphatic heterocycles. The van der Waals surface area contributed by atoms with Crippen LogP contribution in [0.3, 0.4) is 0 Å². The lowest BCUT2D eigenvalue weighted by molar-refractivity contribution is 0.00000848. The topological polar surface area (TPSA) is 115 Å². The van der Waals surface area contributed by atoms with Gasteiger partial charge in [-0.15, -0.1) is 0 Å². The fraction of sp³-hybridized carbons (Fsp3) is 0.714. The van der Waals surface area contributed by atoms with Crippen molar-refractivity contribution < 1.29 is 34.6 Å². The van der Waals surface area contributed by atoms with Crippen molar-refractivity contribution in [2.75, 3.05) is 36.1 Å². The first-order chi connectivity index (χ1) is 23.6. The van der Waals surface area contributed by atoms with Gasteiger partial charge in [-0.2, -0.15) is 0 Å². The van der Waals surface area contributed by atoms with Gasteiger partial charge in [0.05, 0.1) is 49.8 Å². The van der Waals surface area contributed by atoms with Crippen LogP contribution in [0, 0.1) is 55.4 Å². The molecule has 2 aromatic carbocycles. The van der Waals surface area contributed by atoms with E-state index in [-0.39, 0.29) is 37.5 Å². The Balaban J connectivity index is 2.69. The van der Waals surface area contributed by atoms with Gasteiger partial charge in [-0.25, -0.2) is 0 Å². The number of hydrogen-bond acceptors (Lipinski definition) is 9. The van der Waals surface area contributed by atoms with Gasteiger partial charge in [-0.1, -0.05) is 0 Å². The van der Waals surface area contributed by atoms with Gasteiger partial charge in [0.15, 0.2) is 0 Å². The number of benzene rings is 2. The highest BCUT2D eigenvalue weighted by molar-refractivity contribution is 5.72. The Hall–Kier alpha value is -2.40. The maximum Gasteiger partial charge on any atom is 0.133 e.